The molecule has 0 aromatic carbocycles. The summed E-state index contributed by atoms with van der Waals surface area (Å²) < 4.78 is 5.38. The van der Waals surface area contributed by atoms with Crippen LogP contribution in [0.2, 0.25) is 0 Å². The Morgan fingerprint density at radius 1 is 0.842 bits per heavy atom. The van der Waals surface area contributed by atoms with E-state index in [2.05, 4.69) is 20.8 Å². The highest BCUT2D eigenvalue weighted by molar-refractivity contribution is 5.72. The van der Waals surface area contributed by atoms with Gasteiger partial charge in [0.1, 0.15) is 0 Å². The fourth-order valence-electron chi connectivity index (χ4n) is 2.30. The lowest BCUT2D eigenvalue weighted by molar-refractivity contribution is -0.149. The monoisotopic (exact) mass is 270 g/mol. The maximum Gasteiger partial charge on any atom is 0.308 e. The average molecular weight is 270 g/mol. The van der Waals surface area contributed by atoms with Crippen molar-refractivity contribution in [3.05, 3.63) is 0 Å². The molecule has 1 unspecified atom stereocenters. The van der Waals surface area contributed by atoms with E-state index in [9.17, 15) is 4.79 Å². The Hall–Kier alpha value is -0.530. The van der Waals surface area contributed by atoms with E-state index in [4.69, 9.17) is 4.74 Å². The maximum atomic E-state index is 11.9. The molecule has 0 radical (unpaired) electrons. The van der Waals surface area contributed by atoms with Crippen molar-refractivity contribution in [3.63, 3.8) is 0 Å². The molecule has 114 valence electrons. The second-order valence-corrected chi connectivity index (χ2v) is 5.54. The average Bonchev–Trinajstić information content (AvgIpc) is 2.42. The number of unbranched alkanes of at least 4 members (excludes halogenated alkanes) is 7. The highest BCUT2D eigenvalue weighted by Crippen LogP contribution is 2.16. The zero-order valence-corrected chi connectivity index (χ0v) is 13.4. The third-order valence-corrected chi connectivity index (χ3v) is 3.72. The largest absolute Gasteiger partial charge is 0.465 e. The summed E-state index contributed by atoms with van der Waals surface area (Å²) in [7, 11) is 0. The summed E-state index contributed by atoms with van der Waals surface area (Å²) in [4.78, 5) is 11.9. The zero-order chi connectivity index (χ0) is 14.3. The lowest BCUT2D eigenvalue weighted by Crippen LogP contribution is -2.17. The molecule has 19 heavy (non-hydrogen) atoms. The van der Waals surface area contributed by atoms with Gasteiger partial charge in [0, 0.05) is 0 Å². The van der Waals surface area contributed by atoms with E-state index < -0.39 is 0 Å². The predicted molar refractivity (Wildman–Crippen MR) is 82.3 cm³/mol. The van der Waals surface area contributed by atoms with Gasteiger partial charge < -0.3 is 4.74 Å². The van der Waals surface area contributed by atoms with Gasteiger partial charge in [0.15, 0.2) is 0 Å². The second kappa shape index (κ2) is 13.9. The first-order chi connectivity index (χ1) is 9.26. The smallest absolute Gasteiger partial charge is 0.308 e. The molecular formula is C17H34O2. The summed E-state index contributed by atoms with van der Waals surface area (Å²) in [6, 6.07) is 0. The molecular weight excluding hydrogens is 236 g/mol. The Labute approximate surface area is 120 Å². The van der Waals surface area contributed by atoms with Gasteiger partial charge in [-0.25, -0.2) is 0 Å². The number of rotatable bonds is 13. The van der Waals surface area contributed by atoms with Crippen LogP contribution in [0.25, 0.3) is 0 Å². The van der Waals surface area contributed by atoms with Gasteiger partial charge in [-0.3, -0.25) is 4.79 Å². The highest BCUT2D eigenvalue weighted by Gasteiger charge is 2.17. The SMILES string of the molecule is CCCCCCCC(CC)C(=O)OCCCCCC. The van der Waals surface area contributed by atoms with E-state index in [-0.39, 0.29) is 11.9 Å². The summed E-state index contributed by atoms with van der Waals surface area (Å²) >= 11 is 0. The van der Waals surface area contributed by atoms with Crippen molar-refractivity contribution < 1.29 is 9.53 Å². The molecule has 0 aliphatic carbocycles. The molecule has 0 fully saturated rings. The molecule has 0 aromatic rings. The van der Waals surface area contributed by atoms with Crippen LogP contribution in [-0.2, 0) is 9.53 Å². The summed E-state index contributed by atoms with van der Waals surface area (Å²) in [5.41, 5.74) is 0. The van der Waals surface area contributed by atoms with Gasteiger partial charge >= 0.3 is 5.97 Å². The number of hydrogen-bond donors (Lipinski definition) is 0. The van der Waals surface area contributed by atoms with E-state index >= 15 is 0 Å². The van der Waals surface area contributed by atoms with Crippen molar-refractivity contribution >= 4 is 5.97 Å². The molecule has 0 N–H and O–H groups in total. The van der Waals surface area contributed by atoms with Gasteiger partial charge in [0.2, 0.25) is 0 Å². The summed E-state index contributed by atoms with van der Waals surface area (Å²) in [5, 5.41) is 0. The Bertz CT molecular complexity index is 201. The molecule has 0 saturated carbocycles. The van der Waals surface area contributed by atoms with Crippen LogP contribution in [-0.4, -0.2) is 12.6 Å². The van der Waals surface area contributed by atoms with Crippen LogP contribution in [0.3, 0.4) is 0 Å². The topological polar surface area (TPSA) is 26.3 Å². The van der Waals surface area contributed by atoms with Gasteiger partial charge in [-0.15, -0.1) is 0 Å². The number of carbonyl (C=O) groups is 1. The van der Waals surface area contributed by atoms with Gasteiger partial charge in [0.25, 0.3) is 0 Å². The molecule has 0 spiro atoms. The van der Waals surface area contributed by atoms with Crippen LogP contribution in [0.1, 0.15) is 91.4 Å². The van der Waals surface area contributed by atoms with Gasteiger partial charge in [-0.2, -0.15) is 0 Å². The quantitative estimate of drug-likeness (QED) is 0.326. The Kier molecular flexibility index (Phi) is 13.5. The number of ether oxygens (including phenoxy) is 1. The van der Waals surface area contributed by atoms with Gasteiger partial charge in [-0.1, -0.05) is 72.1 Å². The van der Waals surface area contributed by atoms with Crippen molar-refractivity contribution in [2.45, 2.75) is 91.4 Å². The predicted octanol–water partition coefficient (Wildman–Crippen LogP) is 5.50. The molecule has 0 aliphatic heterocycles. The number of esters is 1. The Morgan fingerprint density at radius 3 is 2.00 bits per heavy atom. The van der Waals surface area contributed by atoms with Gasteiger partial charge in [-0.05, 0) is 19.3 Å². The van der Waals surface area contributed by atoms with Crippen LogP contribution < -0.4 is 0 Å². The fraction of sp³-hybridized carbons (Fsp3) is 0.941. The molecule has 0 amide bonds. The zero-order valence-electron chi connectivity index (χ0n) is 13.4. The first kappa shape index (κ1) is 18.5. The van der Waals surface area contributed by atoms with E-state index in [1.54, 1.807) is 0 Å². The van der Waals surface area contributed by atoms with E-state index in [0.29, 0.717) is 6.61 Å². The Balaban J connectivity index is 3.60. The summed E-state index contributed by atoms with van der Waals surface area (Å²) in [6.07, 6.45) is 12.9. The van der Waals surface area contributed by atoms with E-state index in [0.717, 1.165) is 19.3 Å². The van der Waals surface area contributed by atoms with Crippen molar-refractivity contribution in [1.82, 2.24) is 0 Å². The minimum absolute atomic E-state index is 0.0366. The van der Waals surface area contributed by atoms with Crippen molar-refractivity contribution in [3.8, 4) is 0 Å². The second-order valence-electron chi connectivity index (χ2n) is 5.54. The Morgan fingerprint density at radius 2 is 1.42 bits per heavy atom. The third kappa shape index (κ3) is 11.0. The van der Waals surface area contributed by atoms with E-state index in [1.807, 2.05) is 0 Å². The lowest BCUT2D eigenvalue weighted by Gasteiger charge is -2.14. The third-order valence-electron chi connectivity index (χ3n) is 3.72. The van der Waals surface area contributed by atoms with E-state index in [1.165, 1.54) is 51.4 Å². The molecule has 0 rings (SSSR count). The lowest BCUT2D eigenvalue weighted by atomic mass is 9.98. The molecule has 2 heteroatoms. The molecule has 0 aliphatic rings. The molecule has 0 aromatic heterocycles. The highest BCUT2D eigenvalue weighted by atomic mass is 16.5. The molecule has 0 saturated heterocycles. The van der Waals surface area contributed by atoms with Crippen LogP contribution >= 0.6 is 0 Å². The van der Waals surface area contributed by atoms with Crippen LogP contribution in [0.15, 0.2) is 0 Å². The summed E-state index contributed by atoms with van der Waals surface area (Å²) in [6.45, 7) is 7.13. The molecule has 2 nitrogen and oxygen atoms in total. The first-order valence-electron chi connectivity index (χ1n) is 8.42. The fourth-order valence-corrected chi connectivity index (χ4v) is 2.30. The molecule has 1 atom stereocenters. The normalized spacial score (nSPS) is 12.4. The minimum Gasteiger partial charge on any atom is -0.465 e. The van der Waals surface area contributed by atoms with Crippen LogP contribution in [0.5, 0.6) is 0 Å². The molecule has 0 heterocycles. The standard InChI is InChI=1S/C17H34O2/c1-4-7-9-11-12-14-16(6-3)17(18)19-15-13-10-8-5-2/h16H,4-15H2,1-3H3. The van der Waals surface area contributed by atoms with Crippen LogP contribution in [0, 0.1) is 5.92 Å². The van der Waals surface area contributed by atoms with Crippen molar-refractivity contribution in [2.75, 3.05) is 6.61 Å². The van der Waals surface area contributed by atoms with Gasteiger partial charge in [0.05, 0.1) is 12.5 Å². The van der Waals surface area contributed by atoms with Crippen molar-refractivity contribution in [1.29, 1.82) is 0 Å². The molecule has 0 bridgehead atoms. The summed E-state index contributed by atoms with van der Waals surface area (Å²) in [5.74, 6) is 0.169. The number of hydrogen-bond acceptors (Lipinski definition) is 2. The number of carbonyl (C=O) groups excluding carboxylic acids is 1. The first-order valence-corrected chi connectivity index (χ1v) is 8.42. The minimum atomic E-state index is 0.0366. The van der Waals surface area contributed by atoms with Crippen molar-refractivity contribution in [2.24, 2.45) is 5.92 Å². The van der Waals surface area contributed by atoms with Crippen LogP contribution in [0.4, 0.5) is 0 Å². The maximum absolute atomic E-state index is 11.9.